The van der Waals surface area contributed by atoms with Crippen LogP contribution in [0.2, 0.25) is 0 Å². The van der Waals surface area contributed by atoms with Crippen LogP contribution < -0.4 is 9.47 Å². The van der Waals surface area contributed by atoms with Gasteiger partial charge in [-0.25, -0.2) is 8.78 Å². The van der Waals surface area contributed by atoms with Crippen molar-refractivity contribution < 1.29 is 18.3 Å². The number of hydrogen-bond donors (Lipinski definition) is 0. The number of nitrogens with zero attached hydrogens (tertiary/aromatic N) is 2. The van der Waals surface area contributed by atoms with Crippen LogP contribution in [0.3, 0.4) is 0 Å². The highest BCUT2D eigenvalue weighted by atomic mass is 19.1. The number of hydrogen-bond acceptors (Lipinski definition) is 4. The average molecular weight is 671 g/mol. The molecule has 1 heterocycles. The van der Waals surface area contributed by atoms with Crippen molar-refractivity contribution >= 4 is 5.57 Å². The maximum atomic E-state index is 13.8. The molecule has 0 N–H and O–H groups in total. The predicted octanol–water partition coefficient (Wildman–Crippen LogP) is 11.4. The summed E-state index contributed by atoms with van der Waals surface area (Å²) in [5.41, 5.74) is 4.73. The van der Waals surface area contributed by atoms with Crippen molar-refractivity contribution in [2.75, 3.05) is 33.9 Å². The summed E-state index contributed by atoms with van der Waals surface area (Å²) in [4.78, 5) is 2.49. The van der Waals surface area contributed by atoms with E-state index in [9.17, 15) is 14.0 Å². The minimum atomic E-state index is -0.584. The molecule has 0 aliphatic carbocycles. The van der Waals surface area contributed by atoms with Gasteiger partial charge in [0.25, 0.3) is 0 Å². The van der Waals surface area contributed by atoms with E-state index in [1.165, 1.54) is 81.2 Å². The molecule has 0 saturated carbocycles. The fourth-order valence-electron chi connectivity index (χ4n) is 7.35. The maximum Gasteiger partial charge on any atom is 0.161 e. The van der Waals surface area contributed by atoms with Gasteiger partial charge in [0.15, 0.2) is 11.5 Å². The van der Waals surface area contributed by atoms with Gasteiger partial charge in [-0.1, -0.05) is 107 Å². The summed E-state index contributed by atoms with van der Waals surface area (Å²) in [6, 6.07) is 22.0. The van der Waals surface area contributed by atoms with Gasteiger partial charge in [0.2, 0.25) is 0 Å². The van der Waals surface area contributed by atoms with Gasteiger partial charge in [-0.2, -0.15) is 5.26 Å². The third-order valence-electron chi connectivity index (χ3n) is 10.3. The van der Waals surface area contributed by atoms with Crippen molar-refractivity contribution in [3.05, 3.63) is 101 Å². The summed E-state index contributed by atoms with van der Waals surface area (Å²) in [6.07, 6.45) is 17.0. The predicted molar refractivity (Wildman–Crippen MR) is 197 cm³/mol. The number of halogens is 2. The second-order valence-electron chi connectivity index (χ2n) is 13.6. The third-order valence-corrected chi connectivity index (χ3v) is 10.3. The molecule has 1 unspecified atom stereocenters. The first kappa shape index (κ1) is 38.1. The van der Waals surface area contributed by atoms with Crippen molar-refractivity contribution in [2.24, 2.45) is 0 Å². The minimum Gasteiger partial charge on any atom is -0.493 e. The van der Waals surface area contributed by atoms with Crippen LogP contribution in [0.5, 0.6) is 11.5 Å². The molecule has 1 atom stereocenters. The first-order valence-electron chi connectivity index (χ1n) is 18.5. The lowest BCUT2D eigenvalue weighted by Gasteiger charge is -2.32. The van der Waals surface area contributed by atoms with Gasteiger partial charge in [-0.15, -0.1) is 0 Å². The van der Waals surface area contributed by atoms with E-state index in [2.05, 4.69) is 17.9 Å². The summed E-state index contributed by atoms with van der Waals surface area (Å²) in [5, 5.41) is 10.8. The summed E-state index contributed by atoms with van der Waals surface area (Å²) in [7, 11) is 3.29. The normalized spacial score (nSPS) is 14.7. The van der Waals surface area contributed by atoms with E-state index < -0.39 is 5.41 Å². The number of piperidine rings is 1. The second kappa shape index (κ2) is 20.1. The number of benzene rings is 3. The maximum absolute atomic E-state index is 13.8. The van der Waals surface area contributed by atoms with E-state index in [1.54, 1.807) is 14.2 Å². The number of ether oxygens (including phenoxy) is 2. The van der Waals surface area contributed by atoms with Gasteiger partial charge in [0, 0.05) is 13.1 Å². The molecule has 264 valence electrons. The molecular formula is C43H56F2N2O2. The molecule has 0 radical (unpaired) electrons. The van der Waals surface area contributed by atoms with E-state index in [-0.39, 0.29) is 11.6 Å². The van der Waals surface area contributed by atoms with Gasteiger partial charge in [-0.3, -0.25) is 0 Å². The van der Waals surface area contributed by atoms with Crippen LogP contribution in [0.15, 0.2) is 72.3 Å². The lowest BCUT2D eigenvalue weighted by molar-refractivity contribution is 0.243. The van der Waals surface area contributed by atoms with E-state index in [0.29, 0.717) is 11.5 Å². The molecule has 0 amide bonds. The van der Waals surface area contributed by atoms with E-state index >= 15 is 0 Å². The van der Waals surface area contributed by atoms with Crippen LogP contribution in [-0.4, -0.2) is 38.8 Å². The molecule has 4 nitrogen and oxygen atoms in total. The smallest absolute Gasteiger partial charge is 0.161 e. The first-order valence-corrected chi connectivity index (χ1v) is 18.5. The van der Waals surface area contributed by atoms with Crippen LogP contribution in [0.25, 0.3) is 5.57 Å². The molecule has 1 saturated heterocycles. The Bertz CT molecular complexity index is 1440. The zero-order chi connectivity index (χ0) is 34.9. The van der Waals surface area contributed by atoms with Gasteiger partial charge in [-0.05, 0) is 97.3 Å². The molecule has 49 heavy (non-hydrogen) atoms. The molecular weight excluding hydrogens is 614 g/mol. The Morgan fingerprint density at radius 1 is 0.694 bits per heavy atom. The molecule has 1 fully saturated rings. The highest BCUT2D eigenvalue weighted by Crippen LogP contribution is 2.40. The van der Waals surface area contributed by atoms with Gasteiger partial charge >= 0.3 is 0 Å². The molecule has 3 aromatic carbocycles. The molecule has 0 aromatic heterocycles. The van der Waals surface area contributed by atoms with Crippen molar-refractivity contribution in [2.45, 2.75) is 109 Å². The van der Waals surface area contributed by atoms with E-state index in [0.717, 1.165) is 86.8 Å². The molecule has 1 aliphatic rings. The molecule has 3 aromatic rings. The zero-order valence-electron chi connectivity index (χ0n) is 30.0. The summed E-state index contributed by atoms with van der Waals surface area (Å²) in [6.45, 7) is 5.01. The number of rotatable bonds is 20. The highest BCUT2D eigenvalue weighted by molar-refractivity contribution is 5.82. The van der Waals surface area contributed by atoms with E-state index in [4.69, 9.17) is 9.47 Å². The monoisotopic (exact) mass is 670 g/mol. The standard InChI is InChI=1S/C43H56F2N2O2/c1-4-5-6-7-8-9-10-11-12-13-27-43(33-46,37-19-24-40(48-2)41(32-37)49-3)28-14-29-47-30-25-36(26-31-47)42(34-15-20-38(44)21-16-34)35-17-22-39(45)23-18-35/h15-24,32H,4-14,25-31H2,1-3H3. The lowest BCUT2D eigenvalue weighted by atomic mass is 9.74. The van der Waals surface area contributed by atoms with Gasteiger partial charge in [0.1, 0.15) is 11.6 Å². The van der Waals surface area contributed by atoms with Crippen LogP contribution >= 0.6 is 0 Å². The molecule has 0 bridgehead atoms. The van der Waals surface area contributed by atoms with Crippen LogP contribution in [0, 0.1) is 23.0 Å². The largest absolute Gasteiger partial charge is 0.493 e. The zero-order valence-corrected chi connectivity index (χ0v) is 30.0. The van der Waals surface area contributed by atoms with Crippen molar-refractivity contribution in [1.29, 1.82) is 5.26 Å². The quantitative estimate of drug-likeness (QED) is 0.112. The number of unbranched alkanes of at least 4 members (excludes halogenated alkanes) is 9. The summed E-state index contributed by atoms with van der Waals surface area (Å²) < 4.78 is 38.7. The second-order valence-corrected chi connectivity index (χ2v) is 13.6. The SMILES string of the molecule is CCCCCCCCCCCCC(C#N)(CCCN1CCC(=C(c2ccc(F)cc2)c2ccc(F)cc2)CC1)c1ccc(OC)c(OC)c1. The van der Waals surface area contributed by atoms with Crippen LogP contribution in [-0.2, 0) is 5.41 Å². The Labute approximate surface area is 294 Å². The summed E-state index contributed by atoms with van der Waals surface area (Å²) in [5.74, 6) is 0.805. The Morgan fingerprint density at radius 2 is 1.20 bits per heavy atom. The Hall–Kier alpha value is -3.69. The van der Waals surface area contributed by atoms with Crippen molar-refractivity contribution in [3.8, 4) is 17.6 Å². The van der Waals surface area contributed by atoms with Gasteiger partial charge in [0.05, 0.1) is 25.7 Å². The van der Waals surface area contributed by atoms with Crippen LogP contribution in [0.1, 0.15) is 120 Å². The molecule has 6 heteroatoms. The molecule has 0 spiro atoms. The Balaban J connectivity index is 1.39. The van der Waals surface area contributed by atoms with Gasteiger partial charge < -0.3 is 14.4 Å². The molecule has 4 rings (SSSR count). The van der Waals surface area contributed by atoms with E-state index in [1.807, 2.05) is 42.5 Å². The Morgan fingerprint density at radius 3 is 1.71 bits per heavy atom. The fraction of sp³-hybridized carbons (Fsp3) is 0.512. The number of nitriles is 1. The lowest BCUT2D eigenvalue weighted by Crippen LogP contribution is -2.33. The Kier molecular flexibility index (Phi) is 15.6. The third kappa shape index (κ3) is 11.2. The molecule has 1 aliphatic heterocycles. The number of likely N-dealkylation sites (tertiary alicyclic amines) is 1. The van der Waals surface area contributed by atoms with Crippen molar-refractivity contribution in [1.82, 2.24) is 4.90 Å². The van der Waals surface area contributed by atoms with Crippen LogP contribution in [0.4, 0.5) is 8.78 Å². The minimum absolute atomic E-state index is 0.267. The highest BCUT2D eigenvalue weighted by Gasteiger charge is 2.33. The number of methoxy groups -OCH3 is 2. The fourth-order valence-corrected chi connectivity index (χ4v) is 7.35. The average Bonchev–Trinajstić information content (AvgIpc) is 3.13. The first-order chi connectivity index (χ1) is 23.9. The van der Waals surface area contributed by atoms with Crippen molar-refractivity contribution in [3.63, 3.8) is 0 Å². The topological polar surface area (TPSA) is 45.5 Å². The summed E-state index contributed by atoms with van der Waals surface area (Å²) >= 11 is 0.